The summed E-state index contributed by atoms with van der Waals surface area (Å²) in [6.07, 6.45) is 1.21. The van der Waals surface area contributed by atoms with Gasteiger partial charge in [-0.1, -0.05) is 18.2 Å². The number of carbonyl (C=O) groups is 5. The van der Waals surface area contributed by atoms with Gasteiger partial charge in [-0.2, -0.15) is 12.6 Å². The molecule has 0 fully saturated rings. The first-order valence-electron chi connectivity index (χ1n) is 10.8. The van der Waals surface area contributed by atoms with Crippen LogP contribution in [0, 0.1) is 0 Å². The van der Waals surface area contributed by atoms with Gasteiger partial charge in [0, 0.05) is 29.3 Å². The molecule has 0 aliphatic heterocycles. The van der Waals surface area contributed by atoms with Gasteiger partial charge in [-0.05, 0) is 31.4 Å². The van der Waals surface area contributed by atoms with Gasteiger partial charge in [0.1, 0.15) is 18.1 Å². The Morgan fingerprint density at radius 3 is 2.29 bits per heavy atom. The van der Waals surface area contributed by atoms with Gasteiger partial charge in [-0.25, -0.2) is 4.79 Å². The standard InChI is InChI=1S/C22H29N5O7S/c1-11(25-20(31)14(23)8-12-9-24-15-5-3-2-4-13(12)15)19(30)27-17(10-35)21(32)26-16(22(33)34)6-7-18(28)29/h2-5,9,11,14,16-17,24,35H,6-8,10,23H2,1H3,(H,25,31)(H,26,32)(H,27,30)(H,28,29)(H,33,34). The van der Waals surface area contributed by atoms with Crippen LogP contribution >= 0.6 is 12.6 Å². The number of aliphatic carboxylic acids is 2. The van der Waals surface area contributed by atoms with Crippen molar-refractivity contribution in [2.45, 2.75) is 50.4 Å². The number of carboxylic acids is 2. The van der Waals surface area contributed by atoms with Gasteiger partial charge in [0.25, 0.3) is 0 Å². The molecule has 0 radical (unpaired) electrons. The van der Waals surface area contributed by atoms with Crippen molar-refractivity contribution in [2.75, 3.05) is 5.75 Å². The van der Waals surface area contributed by atoms with Crippen molar-refractivity contribution in [1.29, 1.82) is 0 Å². The molecule has 1 aromatic heterocycles. The summed E-state index contributed by atoms with van der Waals surface area (Å²) in [6, 6.07) is 2.92. The minimum atomic E-state index is -1.45. The summed E-state index contributed by atoms with van der Waals surface area (Å²) in [5, 5.41) is 25.9. The molecule has 190 valence electrons. The molecule has 0 saturated heterocycles. The summed E-state index contributed by atoms with van der Waals surface area (Å²) in [6.45, 7) is 1.41. The number of H-pyrrole nitrogens is 1. The van der Waals surface area contributed by atoms with E-state index in [1.54, 1.807) is 6.20 Å². The summed E-state index contributed by atoms with van der Waals surface area (Å²) < 4.78 is 0. The number of aromatic nitrogens is 1. The molecule has 0 aliphatic rings. The van der Waals surface area contributed by atoms with Gasteiger partial charge in [0.2, 0.25) is 17.7 Å². The van der Waals surface area contributed by atoms with E-state index in [0.717, 1.165) is 16.5 Å². The van der Waals surface area contributed by atoms with Crippen molar-refractivity contribution in [3.8, 4) is 0 Å². The number of rotatable bonds is 13. The third-order valence-electron chi connectivity index (χ3n) is 5.28. The highest BCUT2D eigenvalue weighted by atomic mass is 32.1. The van der Waals surface area contributed by atoms with Crippen LogP contribution in [0.15, 0.2) is 30.5 Å². The molecular formula is C22H29N5O7S. The molecule has 0 bridgehead atoms. The lowest BCUT2D eigenvalue weighted by molar-refractivity contribution is -0.143. The lowest BCUT2D eigenvalue weighted by Crippen LogP contribution is -2.57. The summed E-state index contributed by atoms with van der Waals surface area (Å²) in [7, 11) is 0. The van der Waals surface area contributed by atoms with Gasteiger partial charge >= 0.3 is 11.9 Å². The van der Waals surface area contributed by atoms with Crippen LogP contribution in [0.5, 0.6) is 0 Å². The number of carbonyl (C=O) groups excluding carboxylic acids is 3. The minimum absolute atomic E-state index is 0.163. The molecular weight excluding hydrogens is 478 g/mol. The average Bonchev–Trinajstić information content (AvgIpc) is 3.22. The molecule has 0 spiro atoms. The maximum Gasteiger partial charge on any atom is 0.326 e. The second-order valence-electron chi connectivity index (χ2n) is 7.98. The Bertz CT molecular complexity index is 1090. The fraction of sp³-hybridized carbons (Fsp3) is 0.409. The van der Waals surface area contributed by atoms with Gasteiger partial charge in [-0.15, -0.1) is 0 Å². The van der Waals surface area contributed by atoms with E-state index in [0.29, 0.717) is 0 Å². The number of nitrogens with one attached hydrogen (secondary N) is 4. The summed E-state index contributed by atoms with van der Waals surface area (Å²) >= 11 is 4.01. The van der Waals surface area contributed by atoms with Crippen LogP contribution in [0.4, 0.5) is 0 Å². The van der Waals surface area contributed by atoms with E-state index in [4.69, 9.17) is 10.8 Å². The van der Waals surface area contributed by atoms with Crippen LogP contribution in [0.25, 0.3) is 10.9 Å². The smallest absolute Gasteiger partial charge is 0.326 e. The SMILES string of the molecule is CC(NC(=O)C(N)Cc1c[nH]c2ccccc12)C(=O)NC(CS)C(=O)NC(CCC(=O)O)C(=O)O. The Balaban J connectivity index is 1.91. The number of para-hydroxylation sites is 1. The number of hydrogen-bond acceptors (Lipinski definition) is 7. The van der Waals surface area contributed by atoms with E-state index >= 15 is 0 Å². The predicted octanol–water partition coefficient (Wildman–Crippen LogP) is -0.609. The molecule has 12 nitrogen and oxygen atoms in total. The fourth-order valence-electron chi connectivity index (χ4n) is 3.30. The van der Waals surface area contributed by atoms with Gasteiger partial charge in [0.15, 0.2) is 0 Å². The first-order valence-corrected chi connectivity index (χ1v) is 11.4. The third kappa shape index (κ3) is 8.00. The molecule has 4 unspecified atom stereocenters. The lowest BCUT2D eigenvalue weighted by atomic mass is 10.0. The summed E-state index contributed by atoms with van der Waals surface area (Å²) in [5.74, 6) is -4.90. The van der Waals surface area contributed by atoms with Crippen molar-refractivity contribution >= 4 is 53.2 Å². The molecule has 0 aliphatic carbocycles. The number of aromatic amines is 1. The van der Waals surface area contributed by atoms with Crippen LogP contribution in [0.1, 0.15) is 25.3 Å². The first-order chi connectivity index (χ1) is 16.5. The molecule has 35 heavy (non-hydrogen) atoms. The van der Waals surface area contributed by atoms with Crippen molar-refractivity contribution in [3.05, 3.63) is 36.0 Å². The Morgan fingerprint density at radius 2 is 1.66 bits per heavy atom. The largest absolute Gasteiger partial charge is 0.481 e. The monoisotopic (exact) mass is 507 g/mol. The first kappa shape index (κ1) is 27.7. The number of fused-ring (bicyclic) bond motifs is 1. The molecule has 0 saturated carbocycles. The zero-order valence-corrected chi connectivity index (χ0v) is 19.9. The molecule has 2 rings (SSSR count). The van der Waals surface area contributed by atoms with Crippen molar-refractivity contribution in [3.63, 3.8) is 0 Å². The molecule has 13 heteroatoms. The number of carboxylic acid groups (broad SMARTS) is 2. The summed E-state index contributed by atoms with van der Waals surface area (Å²) in [5.41, 5.74) is 7.78. The zero-order chi connectivity index (χ0) is 26.1. The van der Waals surface area contributed by atoms with E-state index in [-0.39, 0.29) is 18.6 Å². The van der Waals surface area contributed by atoms with Crippen LogP contribution in [0.2, 0.25) is 0 Å². The molecule has 1 aromatic carbocycles. The topological polar surface area (TPSA) is 204 Å². The molecule has 2 aromatic rings. The van der Waals surface area contributed by atoms with Crippen LogP contribution < -0.4 is 21.7 Å². The summed E-state index contributed by atoms with van der Waals surface area (Å²) in [4.78, 5) is 62.5. The number of benzene rings is 1. The second kappa shape index (κ2) is 12.8. The highest BCUT2D eigenvalue weighted by Gasteiger charge is 2.28. The van der Waals surface area contributed by atoms with Gasteiger partial charge in [0.05, 0.1) is 6.04 Å². The number of nitrogens with two attached hydrogens (primary N) is 1. The van der Waals surface area contributed by atoms with E-state index in [1.807, 2.05) is 24.3 Å². The normalized spacial score (nSPS) is 14.4. The van der Waals surface area contributed by atoms with Crippen LogP contribution in [-0.4, -0.2) is 74.8 Å². The Labute approximate surface area is 206 Å². The molecule has 4 atom stereocenters. The molecule has 1 heterocycles. The predicted molar refractivity (Wildman–Crippen MR) is 130 cm³/mol. The van der Waals surface area contributed by atoms with Crippen LogP contribution in [-0.2, 0) is 30.4 Å². The minimum Gasteiger partial charge on any atom is -0.481 e. The van der Waals surface area contributed by atoms with E-state index in [9.17, 15) is 29.1 Å². The maximum absolute atomic E-state index is 12.5. The number of amides is 3. The maximum atomic E-state index is 12.5. The van der Waals surface area contributed by atoms with E-state index < -0.39 is 60.2 Å². The number of thiol groups is 1. The van der Waals surface area contributed by atoms with Crippen LogP contribution in [0.3, 0.4) is 0 Å². The highest BCUT2D eigenvalue weighted by molar-refractivity contribution is 7.80. The molecule has 3 amide bonds. The highest BCUT2D eigenvalue weighted by Crippen LogP contribution is 2.18. The van der Waals surface area contributed by atoms with E-state index in [2.05, 4.69) is 33.6 Å². The number of hydrogen-bond donors (Lipinski definition) is 8. The average molecular weight is 508 g/mol. The quantitative estimate of drug-likeness (QED) is 0.164. The van der Waals surface area contributed by atoms with Crippen molar-refractivity contribution in [1.82, 2.24) is 20.9 Å². The van der Waals surface area contributed by atoms with Crippen molar-refractivity contribution in [2.24, 2.45) is 5.73 Å². The second-order valence-corrected chi connectivity index (χ2v) is 8.34. The zero-order valence-electron chi connectivity index (χ0n) is 19.0. The van der Waals surface area contributed by atoms with Gasteiger partial charge < -0.3 is 36.9 Å². The van der Waals surface area contributed by atoms with Crippen molar-refractivity contribution < 1.29 is 34.2 Å². The molecule has 8 N–H and O–H groups in total. The van der Waals surface area contributed by atoms with E-state index in [1.165, 1.54) is 6.92 Å². The fourth-order valence-corrected chi connectivity index (χ4v) is 3.56. The Hall–Kier alpha value is -3.58. The third-order valence-corrected chi connectivity index (χ3v) is 5.65. The lowest BCUT2D eigenvalue weighted by Gasteiger charge is -2.22. The Kier molecular flexibility index (Phi) is 10.1. The van der Waals surface area contributed by atoms with Gasteiger partial charge in [-0.3, -0.25) is 19.2 Å². The Morgan fingerprint density at radius 1 is 1.00 bits per heavy atom.